The summed E-state index contributed by atoms with van der Waals surface area (Å²) in [5, 5.41) is 7.93. The number of aromatic nitrogens is 2. The maximum Gasteiger partial charge on any atom is 0.317 e. The normalized spacial score (nSPS) is 16.2. The van der Waals surface area contributed by atoms with Crippen molar-refractivity contribution >= 4 is 22.8 Å². The molecule has 9 heteroatoms. The van der Waals surface area contributed by atoms with Crippen LogP contribution in [0.4, 0.5) is 4.79 Å². The number of aromatic amines is 1. The maximum atomic E-state index is 12.6. The topological polar surface area (TPSA) is 104 Å². The van der Waals surface area contributed by atoms with E-state index in [4.69, 9.17) is 9.26 Å². The molecule has 4 rings (SSSR count). The van der Waals surface area contributed by atoms with Crippen molar-refractivity contribution in [3.63, 3.8) is 0 Å². The summed E-state index contributed by atoms with van der Waals surface area (Å²) in [6, 6.07) is 9.55. The van der Waals surface area contributed by atoms with Crippen LogP contribution >= 0.6 is 0 Å². The summed E-state index contributed by atoms with van der Waals surface area (Å²) in [7, 11) is 1.79. The number of carbonyl (C=O) groups excluding carboxylic acids is 2. The molecule has 3 amide bonds. The average molecular weight is 440 g/mol. The van der Waals surface area contributed by atoms with Crippen molar-refractivity contribution in [2.24, 2.45) is 0 Å². The molecule has 1 aromatic carbocycles. The van der Waals surface area contributed by atoms with Gasteiger partial charge in [0.2, 0.25) is 5.91 Å². The molecule has 0 aliphatic carbocycles. The lowest BCUT2D eigenvalue weighted by Crippen LogP contribution is -2.52. The minimum absolute atomic E-state index is 0.0311. The molecule has 0 unspecified atom stereocenters. The van der Waals surface area contributed by atoms with Gasteiger partial charge >= 0.3 is 6.03 Å². The molecule has 170 valence electrons. The van der Waals surface area contributed by atoms with Crippen LogP contribution < -0.4 is 10.1 Å². The molecule has 1 aliphatic rings. The van der Waals surface area contributed by atoms with E-state index in [0.717, 1.165) is 53.2 Å². The van der Waals surface area contributed by atoms with Crippen molar-refractivity contribution in [1.82, 2.24) is 25.3 Å². The predicted molar refractivity (Wildman–Crippen MR) is 119 cm³/mol. The van der Waals surface area contributed by atoms with Crippen LogP contribution in [0.5, 0.6) is 5.75 Å². The third-order valence-electron chi connectivity index (χ3n) is 5.85. The molecule has 3 aromatic rings. The monoisotopic (exact) mass is 439 g/mol. The van der Waals surface area contributed by atoms with Crippen molar-refractivity contribution in [1.29, 1.82) is 0 Å². The van der Waals surface area contributed by atoms with Crippen LogP contribution in [-0.2, 0) is 17.9 Å². The first-order valence-electron chi connectivity index (χ1n) is 10.8. The van der Waals surface area contributed by atoms with Crippen molar-refractivity contribution < 1.29 is 18.8 Å². The van der Waals surface area contributed by atoms with Crippen LogP contribution in [-0.4, -0.2) is 58.1 Å². The van der Waals surface area contributed by atoms with Crippen LogP contribution in [0.15, 0.2) is 34.9 Å². The van der Waals surface area contributed by atoms with E-state index >= 15 is 0 Å². The van der Waals surface area contributed by atoms with Crippen LogP contribution in [0, 0.1) is 6.92 Å². The van der Waals surface area contributed by atoms with E-state index in [1.54, 1.807) is 23.8 Å². The van der Waals surface area contributed by atoms with Gasteiger partial charge in [-0.05, 0) is 43.4 Å². The highest BCUT2D eigenvalue weighted by Crippen LogP contribution is 2.22. The molecule has 0 saturated carbocycles. The van der Waals surface area contributed by atoms with E-state index in [0.29, 0.717) is 19.7 Å². The molecule has 0 radical (unpaired) electrons. The molecular formula is C23H29N5O4. The van der Waals surface area contributed by atoms with Gasteiger partial charge in [-0.2, -0.15) is 0 Å². The highest BCUT2D eigenvalue weighted by atomic mass is 16.5. The fourth-order valence-corrected chi connectivity index (χ4v) is 4.01. The second-order valence-corrected chi connectivity index (χ2v) is 8.29. The lowest BCUT2D eigenvalue weighted by molar-refractivity contribution is -0.130. The third-order valence-corrected chi connectivity index (χ3v) is 5.85. The number of rotatable bonds is 6. The van der Waals surface area contributed by atoms with Crippen LogP contribution in [0.1, 0.15) is 36.9 Å². The standard InChI is InChI=1S/C23H29N5O4/c1-15-9-19(26-32-15)14-31-21-7-6-17-10-18(25-22(17)11-21)12-24-23(30)27(3)20-5-4-8-28(13-20)16(2)29/h6-7,9-11,20,25H,4-5,8,12-14H2,1-3H3,(H,24,30)/t20-/m1/s1. The molecule has 2 aromatic heterocycles. The van der Waals surface area contributed by atoms with E-state index in [-0.39, 0.29) is 18.0 Å². The smallest absolute Gasteiger partial charge is 0.317 e. The molecule has 0 bridgehead atoms. The van der Waals surface area contributed by atoms with Gasteiger partial charge < -0.3 is 29.4 Å². The minimum atomic E-state index is -0.147. The van der Waals surface area contributed by atoms with Gasteiger partial charge in [0, 0.05) is 50.4 Å². The van der Waals surface area contributed by atoms with Gasteiger partial charge in [-0.15, -0.1) is 0 Å². The Kier molecular flexibility index (Phi) is 6.34. The summed E-state index contributed by atoms with van der Waals surface area (Å²) in [4.78, 5) is 31.1. The van der Waals surface area contributed by atoms with E-state index < -0.39 is 0 Å². The summed E-state index contributed by atoms with van der Waals surface area (Å²) in [5.74, 6) is 1.53. The number of carbonyl (C=O) groups is 2. The minimum Gasteiger partial charge on any atom is -0.487 e. The van der Waals surface area contributed by atoms with E-state index in [9.17, 15) is 9.59 Å². The molecule has 1 atom stereocenters. The van der Waals surface area contributed by atoms with Crippen molar-refractivity contribution in [2.75, 3.05) is 20.1 Å². The molecule has 32 heavy (non-hydrogen) atoms. The number of nitrogens with zero attached hydrogens (tertiary/aromatic N) is 3. The number of aryl methyl sites for hydroxylation is 1. The Balaban J connectivity index is 1.32. The van der Waals surface area contributed by atoms with Gasteiger partial charge in [-0.25, -0.2) is 4.79 Å². The molecule has 3 heterocycles. The Bertz CT molecular complexity index is 1100. The number of benzene rings is 1. The molecular weight excluding hydrogens is 410 g/mol. The second kappa shape index (κ2) is 9.33. The Morgan fingerprint density at radius 1 is 1.34 bits per heavy atom. The van der Waals surface area contributed by atoms with E-state index in [1.807, 2.05) is 37.3 Å². The number of nitrogens with one attached hydrogen (secondary N) is 2. The quantitative estimate of drug-likeness (QED) is 0.614. The predicted octanol–water partition coefficient (Wildman–Crippen LogP) is 3.20. The van der Waals surface area contributed by atoms with Gasteiger partial charge in [0.05, 0.1) is 12.6 Å². The number of amides is 3. The molecule has 2 N–H and O–H groups in total. The van der Waals surface area contributed by atoms with Crippen molar-refractivity contribution in [3.8, 4) is 5.75 Å². The van der Waals surface area contributed by atoms with Gasteiger partial charge in [-0.3, -0.25) is 4.79 Å². The molecule has 0 spiro atoms. The molecule has 1 saturated heterocycles. The first-order valence-corrected chi connectivity index (χ1v) is 10.8. The number of fused-ring (bicyclic) bond motifs is 1. The van der Waals surface area contributed by atoms with Gasteiger partial charge in [-0.1, -0.05) is 5.16 Å². The first kappa shape index (κ1) is 21.7. The number of hydrogen-bond donors (Lipinski definition) is 2. The average Bonchev–Trinajstić information content (AvgIpc) is 3.40. The van der Waals surface area contributed by atoms with Gasteiger partial charge in [0.1, 0.15) is 23.8 Å². The number of H-pyrrole nitrogens is 1. The number of ether oxygens (including phenoxy) is 1. The maximum absolute atomic E-state index is 12.6. The summed E-state index contributed by atoms with van der Waals surface area (Å²) in [6.07, 6.45) is 1.81. The second-order valence-electron chi connectivity index (χ2n) is 8.29. The zero-order valence-corrected chi connectivity index (χ0v) is 18.7. The first-order chi connectivity index (χ1) is 15.4. The zero-order chi connectivity index (χ0) is 22.7. The SMILES string of the molecule is CC(=O)N1CCC[C@@H](N(C)C(=O)NCc2cc3ccc(OCc4cc(C)on4)cc3[nH]2)C1. The Morgan fingerprint density at radius 2 is 2.19 bits per heavy atom. The van der Waals surface area contributed by atoms with Gasteiger partial charge in [0.25, 0.3) is 0 Å². The zero-order valence-electron chi connectivity index (χ0n) is 18.7. The number of hydrogen-bond acceptors (Lipinski definition) is 5. The van der Waals surface area contributed by atoms with Crippen molar-refractivity contribution in [3.05, 3.63) is 47.5 Å². The highest BCUT2D eigenvalue weighted by Gasteiger charge is 2.27. The molecule has 9 nitrogen and oxygen atoms in total. The largest absolute Gasteiger partial charge is 0.487 e. The number of likely N-dealkylation sites (tertiary alicyclic amines) is 1. The van der Waals surface area contributed by atoms with Crippen LogP contribution in [0.2, 0.25) is 0 Å². The van der Waals surface area contributed by atoms with E-state index in [1.165, 1.54) is 0 Å². The fraction of sp³-hybridized carbons (Fsp3) is 0.435. The van der Waals surface area contributed by atoms with Crippen LogP contribution in [0.25, 0.3) is 10.9 Å². The molecule has 1 fully saturated rings. The lowest BCUT2D eigenvalue weighted by atomic mass is 10.0. The van der Waals surface area contributed by atoms with Crippen molar-refractivity contribution in [2.45, 2.75) is 45.9 Å². The van der Waals surface area contributed by atoms with E-state index in [2.05, 4.69) is 15.5 Å². The summed E-state index contributed by atoms with van der Waals surface area (Å²) in [6.45, 7) is 5.48. The number of urea groups is 1. The summed E-state index contributed by atoms with van der Waals surface area (Å²) in [5.41, 5.74) is 2.58. The Morgan fingerprint density at radius 3 is 2.94 bits per heavy atom. The highest BCUT2D eigenvalue weighted by molar-refractivity contribution is 5.82. The van der Waals surface area contributed by atoms with Gasteiger partial charge in [0.15, 0.2) is 0 Å². The Labute approximate surface area is 186 Å². The lowest BCUT2D eigenvalue weighted by Gasteiger charge is -2.37. The Hall–Kier alpha value is -3.49. The molecule has 1 aliphatic heterocycles. The fourth-order valence-electron chi connectivity index (χ4n) is 4.01. The summed E-state index contributed by atoms with van der Waals surface area (Å²) >= 11 is 0. The third kappa shape index (κ3) is 5.04. The summed E-state index contributed by atoms with van der Waals surface area (Å²) < 4.78 is 10.9. The number of likely N-dealkylation sites (N-methyl/N-ethyl adjacent to an activating group) is 1. The van der Waals surface area contributed by atoms with Crippen LogP contribution in [0.3, 0.4) is 0 Å². The number of piperidine rings is 1.